The van der Waals surface area contributed by atoms with Gasteiger partial charge in [0.2, 0.25) is 11.9 Å². The summed E-state index contributed by atoms with van der Waals surface area (Å²) in [5.41, 5.74) is 3.59. The van der Waals surface area contributed by atoms with E-state index >= 15 is 0 Å². The zero-order chi connectivity index (χ0) is 20.8. The minimum atomic E-state index is -0.0857. The van der Waals surface area contributed by atoms with Gasteiger partial charge in [-0.2, -0.15) is 4.98 Å². The van der Waals surface area contributed by atoms with Gasteiger partial charge in [-0.15, -0.1) is 0 Å². The van der Waals surface area contributed by atoms with Crippen LogP contribution in [0.2, 0.25) is 0 Å². The maximum absolute atomic E-state index is 11.2. The topological polar surface area (TPSA) is 78.9 Å². The third-order valence-corrected chi connectivity index (χ3v) is 5.21. The van der Waals surface area contributed by atoms with Gasteiger partial charge >= 0.3 is 0 Å². The van der Waals surface area contributed by atoms with E-state index in [1.54, 1.807) is 0 Å². The number of benzene rings is 2. The fourth-order valence-electron chi connectivity index (χ4n) is 3.75. The van der Waals surface area contributed by atoms with E-state index in [1.807, 2.05) is 48.5 Å². The summed E-state index contributed by atoms with van der Waals surface area (Å²) < 4.78 is 0. The molecule has 30 heavy (non-hydrogen) atoms. The van der Waals surface area contributed by atoms with Crippen LogP contribution in [0.3, 0.4) is 0 Å². The molecule has 3 N–H and O–H groups in total. The summed E-state index contributed by atoms with van der Waals surface area (Å²) in [4.78, 5) is 20.7. The molecule has 0 spiro atoms. The van der Waals surface area contributed by atoms with Gasteiger partial charge in [-0.3, -0.25) is 4.79 Å². The molecule has 0 radical (unpaired) electrons. The highest BCUT2D eigenvalue weighted by Gasteiger charge is 2.15. The van der Waals surface area contributed by atoms with Crippen LogP contribution in [0.5, 0.6) is 0 Å². The lowest BCUT2D eigenvalue weighted by atomic mass is 9.96. The normalized spacial score (nSPS) is 14.2. The van der Waals surface area contributed by atoms with Gasteiger partial charge < -0.3 is 16.0 Å². The summed E-state index contributed by atoms with van der Waals surface area (Å²) >= 11 is 0. The number of anilines is 4. The Morgan fingerprint density at radius 3 is 2.30 bits per heavy atom. The number of nitrogens with one attached hydrogen (secondary N) is 3. The lowest BCUT2D eigenvalue weighted by Crippen LogP contribution is -2.23. The molecule has 4 rings (SSSR count). The Hall–Kier alpha value is -3.41. The van der Waals surface area contributed by atoms with Crippen LogP contribution in [0.25, 0.3) is 11.3 Å². The van der Waals surface area contributed by atoms with E-state index in [4.69, 9.17) is 9.97 Å². The minimum Gasteiger partial charge on any atom is -0.351 e. The number of hydrogen-bond acceptors (Lipinski definition) is 5. The molecule has 1 fully saturated rings. The predicted molar refractivity (Wildman–Crippen MR) is 122 cm³/mol. The van der Waals surface area contributed by atoms with Crippen LogP contribution in [0, 0.1) is 0 Å². The summed E-state index contributed by atoms with van der Waals surface area (Å²) in [6.07, 6.45) is 6.13. The second-order valence-corrected chi connectivity index (χ2v) is 7.69. The van der Waals surface area contributed by atoms with Crippen molar-refractivity contribution in [2.24, 2.45) is 0 Å². The Morgan fingerprint density at radius 1 is 0.900 bits per heavy atom. The van der Waals surface area contributed by atoms with E-state index < -0.39 is 0 Å². The van der Waals surface area contributed by atoms with Crippen molar-refractivity contribution < 1.29 is 4.79 Å². The number of aromatic nitrogens is 2. The van der Waals surface area contributed by atoms with Crippen LogP contribution >= 0.6 is 0 Å². The molecule has 0 atom stereocenters. The molecule has 6 heteroatoms. The summed E-state index contributed by atoms with van der Waals surface area (Å²) in [6.45, 7) is 1.50. The highest BCUT2D eigenvalue weighted by Crippen LogP contribution is 2.26. The average Bonchev–Trinajstić information content (AvgIpc) is 2.76. The van der Waals surface area contributed by atoms with Gasteiger partial charge in [0.1, 0.15) is 5.82 Å². The van der Waals surface area contributed by atoms with Crippen molar-refractivity contribution in [3.63, 3.8) is 0 Å². The molecule has 0 unspecified atom stereocenters. The van der Waals surface area contributed by atoms with Gasteiger partial charge in [-0.1, -0.05) is 49.6 Å². The van der Waals surface area contributed by atoms with Crippen molar-refractivity contribution in [2.45, 2.75) is 45.1 Å². The lowest BCUT2D eigenvalue weighted by Gasteiger charge is -2.23. The Labute approximate surface area is 177 Å². The number of amides is 1. The highest BCUT2D eigenvalue weighted by molar-refractivity contribution is 5.88. The van der Waals surface area contributed by atoms with Crippen LogP contribution < -0.4 is 16.0 Å². The van der Waals surface area contributed by atoms with Crippen LogP contribution in [-0.2, 0) is 4.79 Å². The average molecular weight is 402 g/mol. The fourth-order valence-corrected chi connectivity index (χ4v) is 3.75. The molecule has 1 aliphatic carbocycles. The first-order valence-electron chi connectivity index (χ1n) is 10.5. The second kappa shape index (κ2) is 9.39. The second-order valence-electron chi connectivity index (χ2n) is 7.69. The van der Waals surface area contributed by atoms with E-state index in [0.717, 1.165) is 41.3 Å². The zero-order valence-electron chi connectivity index (χ0n) is 17.2. The molecule has 1 aliphatic rings. The van der Waals surface area contributed by atoms with Crippen molar-refractivity contribution >= 4 is 29.0 Å². The molecule has 0 aliphatic heterocycles. The number of carbonyl (C=O) groups is 1. The first-order chi connectivity index (χ1) is 14.7. The predicted octanol–water partition coefficient (Wildman–Crippen LogP) is 5.59. The van der Waals surface area contributed by atoms with E-state index in [0.29, 0.717) is 12.0 Å². The van der Waals surface area contributed by atoms with Crippen molar-refractivity contribution in [1.29, 1.82) is 0 Å². The van der Waals surface area contributed by atoms with Gasteiger partial charge in [0.25, 0.3) is 0 Å². The molecule has 1 aromatic heterocycles. The monoisotopic (exact) mass is 401 g/mol. The number of rotatable bonds is 6. The van der Waals surface area contributed by atoms with Crippen molar-refractivity contribution in [3.05, 3.63) is 60.7 Å². The molecule has 6 nitrogen and oxygen atoms in total. The van der Waals surface area contributed by atoms with Gasteiger partial charge in [-0.05, 0) is 37.1 Å². The minimum absolute atomic E-state index is 0.0857. The maximum atomic E-state index is 11.2. The summed E-state index contributed by atoms with van der Waals surface area (Å²) in [7, 11) is 0. The molecule has 154 valence electrons. The molecule has 3 aromatic rings. The van der Waals surface area contributed by atoms with E-state index in [9.17, 15) is 4.79 Å². The highest BCUT2D eigenvalue weighted by atomic mass is 16.1. The molecular formula is C24H27N5O. The molecule has 0 saturated heterocycles. The van der Waals surface area contributed by atoms with Gasteiger partial charge in [0, 0.05) is 36.0 Å². The molecule has 2 aromatic carbocycles. The van der Waals surface area contributed by atoms with Crippen molar-refractivity contribution in [1.82, 2.24) is 9.97 Å². The number of nitrogens with zero attached hydrogens (tertiary/aromatic N) is 2. The lowest BCUT2D eigenvalue weighted by molar-refractivity contribution is -0.114. The smallest absolute Gasteiger partial charge is 0.225 e. The Balaban J connectivity index is 1.59. The SMILES string of the molecule is CC(=O)Nc1ccc(Nc2cc(-c3ccccc3)nc(NC3CCCCC3)n2)cc1. The van der Waals surface area contributed by atoms with Crippen LogP contribution in [0.1, 0.15) is 39.0 Å². The quantitative estimate of drug-likeness (QED) is 0.502. The van der Waals surface area contributed by atoms with Crippen LogP contribution in [0.4, 0.5) is 23.1 Å². The fraction of sp³-hybridized carbons (Fsp3) is 0.292. The van der Waals surface area contributed by atoms with Gasteiger partial charge in [-0.25, -0.2) is 4.98 Å². The van der Waals surface area contributed by atoms with Gasteiger partial charge in [0.15, 0.2) is 0 Å². The standard InChI is InChI=1S/C24H27N5O/c1-17(30)25-20-12-14-21(15-13-20)26-23-16-22(18-8-4-2-5-9-18)28-24(29-23)27-19-10-6-3-7-11-19/h2,4-5,8-9,12-16,19H,3,6-7,10-11H2,1H3,(H,25,30)(H2,26,27,28,29). The van der Waals surface area contributed by atoms with E-state index in [2.05, 4.69) is 28.1 Å². The molecule has 1 heterocycles. The largest absolute Gasteiger partial charge is 0.351 e. The summed E-state index contributed by atoms with van der Waals surface area (Å²) in [5, 5.41) is 9.69. The third-order valence-electron chi connectivity index (χ3n) is 5.21. The summed E-state index contributed by atoms with van der Waals surface area (Å²) in [6, 6.07) is 20.1. The van der Waals surface area contributed by atoms with Crippen molar-refractivity contribution in [3.8, 4) is 11.3 Å². The van der Waals surface area contributed by atoms with Crippen molar-refractivity contribution in [2.75, 3.05) is 16.0 Å². The third kappa shape index (κ3) is 5.35. The molecule has 1 amide bonds. The van der Waals surface area contributed by atoms with Crippen LogP contribution in [-0.4, -0.2) is 21.9 Å². The van der Waals surface area contributed by atoms with Crippen LogP contribution in [0.15, 0.2) is 60.7 Å². The Morgan fingerprint density at radius 2 is 1.60 bits per heavy atom. The summed E-state index contributed by atoms with van der Waals surface area (Å²) in [5.74, 6) is 1.30. The molecule has 1 saturated carbocycles. The molecule has 0 bridgehead atoms. The first kappa shape index (κ1) is 19.9. The maximum Gasteiger partial charge on any atom is 0.225 e. The first-order valence-corrected chi connectivity index (χ1v) is 10.5. The Kier molecular flexibility index (Phi) is 6.23. The number of carbonyl (C=O) groups excluding carboxylic acids is 1. The molecular weight excluding hydrogens is 374 g/mol. The van der Waals surface area contributed by atoms with Gasteiger partial charge in [0.05, 0.1) is 5.69 Å². The van der Waals surface area contributed by atoms with E-state index in [1.165, 1.54) is 26.2 Å². The number of hydrogen-bond donors (Lipinski definition) is 3. The zero-order valence-corrected chi connectivity index (χ0v) is 17.2. The van der Waals surface area contributed by atoms with E-state index in [-0.39, 0.29) is 5.91 Å². The Bertz CT molecular complexity index is 982.